The minimum Gasteiger partial charge on any atom is -0.301 e. The molecule has 14 heavy (non-hydrogen) atoms. The zero-order valence-corrected chi connectivity index (χ0v) is 9.03. The normalized spacial score (nSPS) is 11.1. The van der Waals surface area contributed by atoms with Crippen molar-refractivity contribution in [3.05, 3.63) is 12.2 Å². The van der Waals surface area contributed by atoms with Crippen LogP contribution >= 0.6 is 0 Å². The lowest BCUT2D eigenvalue weighted by Crippen LogP contribution is -2.20. The lowest BCUT2D eigenvalue weighted by Gasteiger charge is -2.07. The molecule has 0 spiro atoms. The van der Waals surface area contributed by atoms with Gasteiger partial charge in [0.05, 0.1) is 13.2 Å². The maximum absolute atomic E-state index is 5.24. The Labute approximate surface area is 84.4 Å². The van der Waals surface area contributed by atoms with Gasteiger partial charge >= 0.3 is 0 Å². The Bertz CT molecular complexity index is 259. The highest BCUT2D eigenvalue weighted by Gasteiger charge is 2.01. The highest BCUT2D eigenvalue weighted by molar-refractivity contribution is 4.81. The van der Waals surface area contributed by atoms with Crippen LogP contribution in [0.4, 0.5) is 0 Å². The van der Waals surface area contributed by atoms with Gasteiger partial charge in [0.15, 0.2) is 0 Å². The summed E-state index contributed by atoms with van der Waals surface area (Å²) in [6.07, 6.45) is 1.56. The first-order valence-electron chi connectivity index (χ1n) is 4.95. The molecule has 1 rings (SSSR count). The standard InChI is InChI=1S/C9H18N4O/c1-4-13-9(10-7-11-13)5-12-14-6-8(2)3/h7-8,12H,4-6H2,1-3H3. The fourth-order valence-corrected chi connectivity index (χ4v) is 1.03. The van der Waals surface area contributed by atoms with Gasteiger partial charge in [-0.1, -0.05) is 13.8 Å². The predicted octanol–water partition coefficient (Wildman–Crippen LogP) is 0.975. The molecule has 0 fully saturated rings. The Morgan fingerprint density at radius 1 is 1.57 bits per heavy atom. The summed E-state index contributed by atoms with van der Waals surface area (Å²) < 4.78 is 1.84. The van der Waals surface area contributed by atoms with Crippen LogP contribution in [0.2, 0.25) is 0 Å². The van der Waals surface area contributed by atoms with E-state index in [1.54, 1.807) is 6.33 Å². The fraction of sp³-hybridized carbons (Fsp3) is 0.778. The molecule has 0 amide bonds. The molecule has 0 aliphatic rings. The molecular weight excluding hydrogens is 180 g/mol. The van der Waals surface area contributed by atoms with Crippen LogP contribution in [0.15, 0.2) is 6.33 Å². The molecule has 0 saturated carbocycles. The van der Waals surface area contributed by atoms with Gasteiger partial charge in [-0.15, -0.1) is 0 Å². The van der Waals surface area contributed by atoms with Gasteiger partial charge in [0.1, 0.15) is 12.2 Å². The highest BCUT2D eigenvalue weighted by Crippen LogP contribution is 1.94. The number of hydrogen-bond acceptors (Lipinski definition) is 4. The Morgan fingerprint density at radius 2 is 2.36 bits per heavy atom. The Morgan fingerprint density at radius 3 is 3.00 bits per heavy atom. The number of nitrogens with zero attached hydrogens (tertiary/aromatic N) is 3. The van der Waals surface area contributed by atoms with Gasteiger partial charge in [0.2, 0.25) is 0 Å². The average Bonchev–Trinajstić information content (AvgIpc) is 2.59. The number of hydrogen-bond donors (Lipinski definition) is 1. The third kappa shape index (κ3) is 3.43. The quantitative estimate of drug-likeness (QED) is 0.546. The van der Waals surface area contributed by atoms with E-state index in [1.165, 1.54) is 0 Å². The van der Waals surface area contributed by atoms with Gasteiger partial charge in [-0.2, -0.15) is 10.6 Å². The predicted molar refractivity (Wildman–Crippen MR) is 53.3 cm³/mol. The third-order valence-corrected chi connectivity index (χ3v) is 1.74. The number of nitrogens with one attached hydrogen (secondary N) is 1. The van der Waals surface area contributed by atoms with Crippen molar-refractivity contribution in [1.82, 2.24) is 20.2 Å². The SMILES string of the molecule is CCn1ncnc1CNOCC(C)C. The summed E-state index contributed by atoms with van der Waals surface area (Å²) in [4.78, 5) is 9.35. The molecule has 0 aromatic carbocycles. The summed E-state index contributed by atoms with van der Waals surface area (Å²) in [5.74, 6) is 1.43. The zero-order valence-electron chi connectivity index (χ0n) is 9.03. The van der Waals surface area contributed by atoms with Crippen molar-refractivity contribution in [3.63, 3.8) is 0 Å². The van der Waals surface area contributed by atoms with Crippen LogP contribution in [0, 0.1) is 5.92 Å². The second kappa shape index (κ2) is 5.72. The molecule has 0 bridgehead atoms. The first-order valence-corrected chi connectivity index (χ1v) is 4.95. The lowest BCUT2D eigenvalue weighted by molar-refractivity contribution is 0.0177. The second-order valence-corrected chi connectivity index (χ2v) is 3.52. The number of aryl methyl sites for hydroxylation is 1. The summed E-state index contributed by atoms with van der Waals surface area (Å²) in [5, 5.41) is 4.06. The molecule has 0 aliphatic carbocycles. The largest absolute Gasteiger partial charge is 0.301 e. The molecule has 5 nitrogen and oxygen atoms in total. The first kappa shape index (κ1) is 11.1. The lowest BCUT2D eigenvalue weighted by atomic mass is 10.2. The van der Waals surface area contributed by atoms with Gasteiger partial charge in [-0.05, 0) is 12.8 Å². The molecule has 80 valence electrons. The topological polar surface area (TPSA) is 52.0 Å². The van der Waals surface area contributed by atoms with E-state index in [4.69, 9.17) is 4.84 Å². The number of rotatable bonds is 6. The fourth-order valence-electron chi connectivity index (χ4n) is 1.03. The van der Waals surface area contributed by atoms with Crippen LogP contribution in [0.5, 0.6) is 0 Å². The van der Waals surface area contributed by atoms with Crippen LogP contribution in [-0.4, -0.2) is 21.4 Å². The summed E-state index contributed by atoms with van der Waals surface area (Å²) >= 11 is 0. The summed E-state index contributed by atoms with van der Waals surface area (Å²) in [6, 6.07) is 0. The van der Waals surface area contributed by atoms with Gasteiger partial charge in [0.25, 0.3) is 0 Å². The molecule has 1 aromatic heterocycles. The van der Waals surface area contributed by atoms with E-state index in [0.717, 1.165) is 12.4 Å². The molecule has 0 saturated heterocycles. The van der Waals surface area contributed by atoms with Crippen LogP contribution in [0.25, 0.3) is 0 Å². The van der Waals surface area contributed by atoms with E-state index >= 15 is 0 Å². The second-order valence-electron chi connectivity index (χ2n) is 3.52. The van der Waals surface area contributed by atoms with Crippen molar-refractivity contribution < 1.29 is 4.84 Å². The van der Waals surface area contributed by atoms with Crippen LogP contribution in [0.1, 0.15) is 26.6 Å². The van der Waals surface area contributed by atoms with Crippen LogP contribution in [-0.2, 0) is 17.9 Å². The van der Waals surface area contributed by atoms with E-state index in [1.807, 2.05) is 11.6 Å². The smallest absolute Gasteiger partial charge is 0.143 e. The van der Waals surface area contributed by atoms with Crippen molar-refractivity contribution in [1.29, 1.82) is 0 Å². The van der Waals surface area contributed by atoms with Gasteiger partial charge in [-0.25, -0.2) is 9.67 Å². The zero-order chi connectivity index (χ0) is 10.4. The van der Waals surface area contributed by atoms with Crippen molar-refractivity contribution in [2.24, 2.45) is 5.92 Å². The van der Waals surface area contributed by atoms with E-state index in [2.05, 4.69) is 29.4 Å². The number of hydroxylamine groups is 1. The highest BCUT2D eigenvalue weighted by atomic mass is 16.6. The molecule has 5 heteroatoms. The van der Waals surface area contributed by atoms with Crippen LogP contribution < -0.4 is 5.48 Å². The average molecular weight is 198 g/mol. The summed E-state index contributed by atoms with van der Waals surface area (Å²) in [5.41, 5.74) is 2.87. The van der Waals surface area contributed by atoms with Gasteiger partial charge in [0, 0.05) is 6.54 Å². The minimum atomic E-state index is 0.534. The van der Waals surface area contributed by atoms with E-state index < -0.39 is 0 Å². The van der Waals surface area contributed by atoms with Crippen molar-refractivity contribution in [2.75, 3.05) is 6.61 Å². The first-order chi connectivity index (χ1) is 6.74. The molecule has 1 N–H and O–H groups in total. The van der Waals surface area contributed by atoms with Gasteiger partial charge < -0.3 is 4.84 Å². The van der Waals surface area contributed by atoms with Crippen molar-refractivity contribution in [3.8, 4) is 0 Å². The van der Waals surface area contributed by atoms with Crippen molar-refractivity contribution >= 4 is 0 Å². The minimum absolute atomic E-state index is 0.534. The molecule has 0 aliphatic heterocycles. The monoisotopic (exact) mass is 198 g/mol. The van der Waals surface area contributed by atoms with Crippen molar-refractivity contribution in [2.45, 2.75) is 33.9 Å². The molecular formula is C9H18N4O. The summed E-state index contributed by atoms with van der Waals surface area (Å²) in [6.45, 7) is 8.39. The molecule has 0 radical (unpaired) electrons. The van der Waals surface area contributed by atoms with Crippen LogP contribution in [0.3, 0.4) is 0 Å². The Balaban J connectivity index is 2.24. The summed E-state index contributed by atoms with van der Waals surface area (Å²) in [7, 11) is 0. The Kier molecular flexibility index (Phi) is 4.55. The van der Waals surface area contributed by atoms with E-state index in [-0.39, 0.29) is 0 Å². The third-order valence-electron chi connectivity index (χ3n) is 1.74. The molecule has 1 aromatic rings. The maximum Gasteiger partial charge on any atom is 0.143 e. The van der Waals surface area contributed by atoms with Gasteiger partial charge in [-0.3, -0.25) is 0 Å². The Hall–Kier alpha value is -0.940. The molecule has 0 unspecified atom stereocenters. The van der Waals surface area contributed by atoms with E-state index in [9.17, 15) is 0 Å². The number of aromatic nitrogens is 3. The molecule has 0 atom stereocenters. The molecule has 1 heterocycles. The van der Waals surface area contributed by atoms with E-state index in [0.29, 0.717) is 19.1 Å². The maximum atomic E-state index is 5.24.